The van der Waals surface area contributed by atoms with E-state index in [0.717, 1.165) is 16.7 Å². The van der Waals surface area contributed by atoms with E-state index in [0.29, 0.717) is 23.7 Å². The number of esters is 2. The van der Waals surface area contributed by atoms with Crippen LogP contribution in [0.5, 0.6) is 11.5 Å². The Balaban J connectivity index is 1.51. The predicted molar refractivity (Wildman–Crippen MR) is 107 cm³/mol. The molecule has 3 aromatic rings. The zero-order valence-corrected chi connectivity index (χ0v) is 16.0. The van der Waals surface area contributed by atoms with E-state index >= 15 is 0 Å². The molecule has 1 heterocycles. The summed E-state index contributed by atoms with van der Waals surface area (Å²) in [5.41, 5.74) is 2.83. The van der Waals surface area contributed by atoms with Gasteiger partial charge in [-0.05, 0) is 36.8 Å². The Morgan fingerprint density at radius 2 is 1.41 bits per heavy atom. The molecule has 1 aliphatic rings. The highest BCUT2D eigenvalue weighted by atomic mass is 16.5. The third kappa shape index (κ3) is 3.85. The zero-order valence-electron chi connectivity index (χ0n) is 16.0. The summed E-state index contributed by atoms with van der Waals surface area (Å²) in [5, 5.41) is 0. The molecule has 0 bridgehead atoms. The van der Waals surface area contributed by atoms with Crippen LogP contribution >= 0.6 is 0 Å². The van der Waals surface area contributed by atoms with Crippen molar-refractivity contribution >= 4 is 11.9 Å². The van der Waals surface area contributed by atoms with Crippen molar-refractivity contribution in [1.82, 2.24) is 0 Å². The second-order valence-electron chi connectivity index (χ2n) is 6.64. The summed E-state index contributed by atoms with van der Waals surface area (Å²) >= 11 is 0. The summed E-state index contributed by atoms with van der Waals surface area (Å²) in [6.07, 6.45) is 0. The Labute approximate surface area is 168 Å². The van der Waals surface area contributed by atoms with Gasteiger partial charge in [0.1, 0.15) is 24.0 Å². The van der Waals surface area contributed by atoms with Gasteiger partial charge in [0, 0.05) is 11.1 Å². The molecular weight excluding hydrogens is 368 g/mol. The molecule has 0 aliphatic carbocycles. The van der Waals surface area contributed by atoms with Crippen molar-refractivity contribution in [2.75, 3.05) is 6.61 Å². The van der Waals surface area contributed by atoms with Crippen molar-refractivity contribution < 1.29 is 23.8 Å². The number of hydrogen-bond donors (Lipinski definition) is 0. The van der Waals surface area contributed by atoms with E-state index in [1.165, 1.54) is 0 Å². The summed E-state index contributed by atoms with van der Waals surface area (Å²) in [6.45, 7) is 2.20. The minimum atomic E-state index is -0.546. The van der Waals surface area contributed by atoms with Gasteiger partial charge in [-0.3, -0.25) is 4.79 Å². The Bertz CT molecular complexity index is 994. The maximum atomic E-state index is 13.0. The summed E-state index contributed by atoms with van der Waals surface area (Å²) in [4.78, 5) is 24.7. The molecule has 29 heavy (non-hydrogen) atoms. The molecule has 146 valence electrons. The van der Waals surface area contributed by atoms with Gasteiger partial charge in [-0.1, -0.05) is 48.5 Å². The van der Waals surface area contributed by atoms with Gasteiger partial charge in [0.15, 0.2) is 0 Å². The molecule has 0 N–H and O–H groups in total. The minimum absolute atomic E-state index is 0.115. The van der Waals surface area contributed by atoms with Crippen LogP contribution < -0.4 is 4.74 Å². The lowest BCUT2D eigenvalue weighted by Crippen LogP contribution is -2.21. The quantitative estimate of drug-likeness (QED) is 0.585. The second-order valence-corrected chi connectivity index (χ2v) is 6.64. The van der Waals surface area contributed by atoms with Crippen molar-refractivity contribution in [3.05, 3.63) is 95.1 Å². The van der Waals surface area contributed by atoms with Crippen LogP contribution in [-0.4, -0.2) is 18.5 Å². The lowest BCUT2D eigenvalue weighted by Gasteiger charge is -2.26. The van der Waals surface area contributed by atoms with Crippen LogP contribution in [0.15, 0.2) is 72.8 Å². The molecule has 4 rings (SSSR count). The fourth-order valence-electron chi connectivity index (χ4n) is 3.35. The minimum Gasteiger partial charge on any atom is -0.462 e. The number of carbonyl (C=O) groups is 2. The highest BCUT2D eigenvalue weighted by molar-refractivity contribution is 5.89. The van der Waals surface area contributed by atoms with E-state index in [1.807, 2.05) is 48.5 Å². The fraction of sp³-hybridized carbons (Fsp3) is 0.167. The van der Waals surface area contributed by atoms with Crippen molar-refractivity contribution in [1.29, 1.82) is 0 Å². The first kappa shape index (κ1) is 18.7. The molecule has 5 heteroatoms. The number of rotatable bonds is 5. The van der Waals surface area contributed by atoms with Gasteiger partial charge in [0.25, 0.3) is 0 Å². The monoisotopic (exact) mass is 388 g/mol. The van der Waals surface area contributed by atoms with Crippen LogP contribution in [0.4, 0.5) is 0 Å². The number of para-hydroxylation sites is 2. The molecule has 0 saturated carbocycles. The zero-order chi connectivity index (χ0) is 20.2. The van der Waals surface area contributed by atoms with Gasteiger partial charge in [-0.2, -0.15) is 0 Å². The Hall–Kier alpha value is -3.60. The van der Waals surface area contributed by atoms with Crippen LogP contribution in [0.3, 0.4) is 0 Å². The van der Waals surface area contributed by atoms with Crippen molar-refractivity contribution in [2.45, 2.75) is 19.4 Å². The number of benzene rings is 3. The first-order valence-electron chi connectivity index (χ1n) is 9.45. The SMILES string of the molecule is CCOC(=O)c1ccc(COC(=O)C2c3ccccc3Oc3ccccc32)cc1. The molecule has 0 aromatic heterocycles. The van der Waals surface area contributed by atoms with E-state index < -0.39 is 5.92 Å². The molecule has 0 fully saturated rings. The van der Waals surface area contributed by atoms with E-state index in [9.17, 15) is 9.59 Å². The van der Waals surface area contributed by atoms with Crippen molar-refractivity contribution in [3.63, 3.8) is 0 Å². The predicted octanol–water partition coefficient (Wildman–Crippen LogP) is 4.84. The second kappa shape index (κ2) is 8.19. The maximum absolute atomic E-state index is 13.0. The number of fused-ring (bicyclic) bond motifs is 2. The molecule has 0 amide bonds. The van der Waals surface area contributed by atoms with Gasteiger partial charge in [0.05, 0.1) is 12.2 Å². The fourth-order valence-corrected chi connectivity index (χ4v) is 3.35. The summed E-state index contributed by atoms with van der Waals surface area (Å²) < 4.78 is 16.5. The average Bonchev–Trinajstić information content (AvgIpc) is 2.76. The van der Waals surface area contributed by atoms with E-state index in [2.05, 4.69) is 0 Å². The molecular formula is C24H20O5. The highest BCUT2D eigenvalue weighted by Crippen LogP contribution is 2.44. The number of carbonyl (C=O) groups excluding carboxylic acids is 2. The number of ether oxygens (including phenoxy) is 3. The van der Waals surface area contributed by atoms with Gasteiger partial charge in [-0.15, -0.1) is 0 Å². The lowest BCUT2D eigenvalue weighted by molar-refractivity contribution is -0.145. The first-order chi connectivity index (χ1) is 14.2. The molecule has 5 nitrogen and oxygen atoms in total. The van der Waals surface area contributed by atoms with E-state index in [4.69, 9.17) is 14.2 Å². The van der Waals surface area contributed by atoms with Crippen molar-refractivity contribution in [3.8, 4) is 11.5 Å². The van der Waals surface area contributed by atoms with Gasteiger partial charge >= 0.3 is 11.9 Å². The Morgan fingerprint density at radius 1 is 0.828 bits per heavy atom. The van der Waals surface area contributed by atoms with Gasteiger partial charge < -0.3 is 14.2 Å². The van der Waals surface area contributed by atoms with Crippen molar-refractivity contribution in [2.24, 2.45) is 0 Å². The Morgan fingerprint density at radius 3 is 2.00 bits per heavy atom. The lowest BCUT2D eigenvalue weighted by atomic mass is 9.88. The molecule has 0 atom stereocenters. The van der Waals surface area contributed by atoms with Crippen LogP contribution in [0, 0.1) is 0 Å². The molecule has 0 unspecified atom stereocenters. The molecule has 3 aromatic carbocycles. The average molecular weight is 388 g/mol. The van der Waals surface area contributed by atoms with Crippen LogP contribution in [0.1, 0.15) is 39.9 Å². The summed E-state index contributed by atoms with van der Waals surface area (Å²) in [5.74, 6) is 0.0583. The van der Waals surface area contributed by atoms with E-state index in [1.54, 1.807) is 31.2 Å². The molecule has 0 spiro atoms. The van der Waals surface area contributed by atoms with Gasteiger partial charge in [-0.25, -0.2) is 4.79 Å². The third-order valence-electron chi connectivity index (χ3n) is 4.76. The number of hydrogen-bond acceptors (Lipinski definition) is 5. The maximum Gasteiger partial charge on any atom is 0.338 e. The largest absolute Gasteiger partial charge is 0.462 e. The third-order valence-corrected chi connectivity index (χ3v) is 4.76. The highest BCUT2D eigenvalue weighted by Gasteiger charge is 2.33. The Kier molecular flexibility index (Phi) is 5.29. The van der Waals surface area contributed by atoms with Crippen LogP contribution in [0.25, 0.3) is 0 Å². The summed E-state index contributed by atoms with van der Waals surface area (Å²) in [6, 6.07) is 21.8. The normalized spacial score (nSPS) is 12.3. The van der Waals surface area contributed by atoms with Crippen LogP contribution in [-0.2, 0) is 20.9 Å². The van der Waals surface area contributed by atoms with Gasteiger partial charge in [0.2, 0.25) is 0 Å². The molecule has 0 saturated heterocycles. The topological polar surface area (TPSA) is 61.8 Å². The van der Waals surface area contributed by atoms with E-state index in [-0.39, 0.29) is 18.5 Å². The molecule has 1 aliphatic heterocycles. The molecule has 0 radical (unpaired) electrons. The first-order valence-corrected chi connectivity index (χ1v) is 9.45. The smallest absolute Gasteiger partial charge is 0.338 e. The standard InChI is InChI=1S/C24H20O5/c1-2-27-23(25)17-13-11-16(12-14-17)15-28-24(26)22-18-7-3-5-9-20(18)29-21-10-6-4-8-19(21)22/h3-14,22H,2,15H2,1H3. The van der Waals surface area contributed by atoms with Crippen LogP contribution in [0.2, 0.25) is 0 Å². The summed E-state index contributed by atoms with van der Waals surface area (Å²) in [7, 11) is 0.